The summed E-state index contributed by atoms with van der Waals surface area (Å²) in [6.07, 6.45) is 3.96. The molecule has 0 saturated carbocycles. The molecule has 0 aliphatic carbocycles. The Morgan fingerprint density at radius 2 is 2.43 bits per heavy atom. The van der Waals surface area contributed by atoms with Crippen molar-refractivity contribution in [3.63, 3.8) is 0 Å². The molecule has 0 aromatic rings. The summed E-state index contributed by atoms with van der Waals surface area (Å²) in [7, 11) is 0. The number of unbranched alkanes of at least 4 members (excludes halogenated alkanes) is 1. The molecule has 0 aromatic carbocycles. The van der Waals surface area contributed by atoms with Crippen molar-refractivity contribution < 1.29 is 4.18 Å². The van der Waals surface area contributed by atoms with E-state index in [4.69, 9.17) is 4.18 Å². The van der Waals surface area contributed by atoms with E-state index in [9.17, 15) is 0 Å². The van der Waals surface area contributed by atoms with Crippen molar-refractivity contribution in [2.75, 3.05) is 12.9 Å². The normalized spacial score (nSPS) is 9.43. The van der Waals surface area contributed by atoms with Crippen LogP contribution < -0.4 is 0 Å². The van der Waals surface area contributed by atoms with Crippen LogP contribution in [0.5, 0.6) is 0 Å². The Hall–Kier alpha value is 0.310. The monoisotopic (exact) mass is 119 g/mol. The molecule has 0 bridgehead atoms. The third-order valence-electron chi connectivity index (χ3n) is 0.596. The van der Waals surface area contributed by atoms with Crippen LogP contribution in [0.4, 0.5) is 0 Å². The fourth-order valence-electron chi connectivity index (χ4n) is 0.244. The van der Waals surface area contributed by atoms with E-state index in [0.29, 0.717) is 0 Å². The lowest BCUT2D eigenvalue weighted by atomic mass is 10.4. The van der Waals surface area contributed by atoms with Gasteiger partial charge in [0.05, 0.1) is 6.61 Å². The molecule has 0 unspecified atom stereocenters. The molecule has 0 rings (SSSR count). The molecule has 0 fully saturated rings. The average molecular weight is 119 g/mol. The minimum absolute atomic E-state index is 0.838. The Morgan fingerprint density at radius 1 is 1.71 bits per heavy atom. The number of hydrogen-bond acceptors (Lipinski definition) is 2. The van der Waals surface area contributed by atoms with Crippen LogP contribution in [0.1, 0.15) is 12.8 Å². The van der Waals surface area contributed by atoms with Crippen molar-refractivity contribution >= 4 is 12.0 Å². The molecule has 0 aliphatic heterocycles. The van der Waals surface area contributed by atoms with E-state index in [1.165, 1.54) is 12.0 Å². The quantitative estimate of drug-likeness (QED) is 0.413. The molecule has 1 nitrogen and oxygen atoms in total. The highest BCUT2D eigenvalue weighted by Gasteiger charge is 1.79. The van der Waals surface area contributed by atoms with Gasteiger partial charge in [0.1, 0.15) is 0 Å². The topological polar surface area (TPSA) is 9.23 Å². The number of rotatable bonds is 4. The maximum Gasteiger partial charge on any atom is 0.0613 e. The molecule has 0 aliphatic rings. The Balaban J connectivity index is 2.45. The first-order chi connectivity index (χ1) is 3.41. The summed E-state index contributed by atoms with van der Waals surface area (Å²) < 4.78 is 4.95. The Kier molecular flexibility index (Phi) is 6.59. The van der Waals surface area contributed by atoms with Crippen LogP contribution in [-0.4, -0.2) is 12.9 Å². The molecular formula is C5H11OS. The predicted molar refractivity (Wildman–Crippen MR) is 34.1 cm³/mol. The first-order valence-corrected chi connectivity index (χ1v) is 3.51. The smallest absolute Gasteiger partial charge is 0.0613 e. The molecular weight excluding hydrogens is 108 g/mol. The highest BCUT2D eigenvalue weighted by Crippen LogP contribution is 1.96. The zero-order valence-corrected chi connectivity index (χ0v) is 5.46. The highest BCUT2D eigenvalue weighted by atomic mass is 32.2. The van der Waals surface area contributed by atoms with Crippen LogP contribution >= 0.6 is 12.0 Å². The minimum Gasteiger partial charge on any atom is -0.316 e. The summed E-state index contributed by atoms with van der Waals surface area (Å²) in [5, 5.41) is 0. The lowest BCUT2D eigenvalue weighted by molar-refractivity contribution is 0.368. The van der Waals surface area contributed by atoms with E-state index in [2.05, 4.69) is 6.92 Å². The van der Waals surface area contributed by atoms with Crippen molar-refractivity contribution in [1.82, 2.24) is 0 Å². The van der Waals surface area contributed by atoms with Gasteiger partial charge in [0.15, 0.2) is 0 Å². The second-order valence-electron chi connectivity index (χ2n) is 1.20. The van der Waals surface area contributed by atoms with Crippen molar-refractivity contribution in [2.24, 2.45) is 0 Å². The molecule has 0 aromatic heterocycles. The van der Waals surface area contributed by atoms with Gasteiger partial charge in [-0.2, -0.15) is 0 Å². The molecule has 43 valence electrons. The second kappa shape index (κ2) is 6.31. The standard InChI is InChI=1S/C5H11OS/c1-3-4-5-6-7-2/h1,3-5H2,2H3. The molecule has 0 atom stereocenters. The fourth-order valence-corrected chi connectivity index (χ4v) is 0.529. The van der Waals surface area contributed by atoms with Crippen LogP contribution in [-0.2, 0) is 4.18 Å². The van der Waals surface area contributed by atoms with Gasteiger partial charge in [0, 0.05) is 6.26 Å². The SMILES string of the molecule is [CH2]CCCOSC. The van der Waals surface area contributed by atoms with Crippen LogP contribution in [0.25, 0.3) is 0 Å². The fraction of sp³-hybridized carbons (Fsp3) is 0.800. The van der Waals surface area contributed by atoms with Gasteiger partial charge in [0.2, 0.25) is 0 Å². The van der Waals surface area contributed by atoms with E-state index >= 15 is 0 Å². The predicted octanol–water partition coefficient (Wildman–Crippen LogP) is 1.90. The van der Waals surface area contributed by atoms with Crippen LogP contribution in [0.3, 0.4) is 0 Å². The van der Waals surface area contributed by atoms with E-state index in [1.54, 1.807) is 0 Å². The summed E-state index contributed by atoms with van der Waals surface area (Å²) >= 11 is 1.41. The van der Waals surface area contributed by atoms with E-state index in [1.807, 2.05) is 6.26 Å². The van der Waals surface area contributed by atoms with Crippen LogP contribution in [0.2, 0.25) is 0 Å². The van der Waals surface area contributed by atoms with Crippen LogP contribution in [0, 0.1) is 6.92 Å². The molecule has 0 heterocycles. The minimum atomic E-state index is 0.838. The second-order valence-corrected chi connectivity index (χ2v) is 1.76. The lowest BCUT2D eigenvalue weighted by Gasteiger charge is -1.92. The third kappa shape index (κ3) is 6.31. The van der Waals surface area contributed by atoms with Gasteiger partial charge in [0.25, 0.3) is 0 Å². The third-order valence-corrected chi connectivity index (χ3v) is 0.998. The van der Waals surface area contributed by atoms with Gasteiger partial charge in [-0.3, -0.25) is 0 Å². The summed E-state index contributed by atoms with van der Waals surface area (Å²) in [6, 6.07) is 0. The van der Waals surface area contributed by atoms with Crippen molar-refractivity contribution in [3.05, 3.63) is 6.92 Å². The summed E-state index contributed by atoms with van der Waals surface area (Å²) in [5.41, 5.74) is 0. The van der Waals surface area contributed by atoms with E-state index in [0.717, 1.165) is 19.4 Å². The maximum atomic E-state index is 4.95. The molecule has 7 heavy (non-hydrogen) atoms. The van der Waals surface area contributed by atoms with Crippen molar-refractivity contribution in [1.29, 1.82) is 0 Å². The summed E-state index contributed by atoms with van der Waals surface area (Å²) in [4.78, 5) is 0. The largest absolute Gasteiger partial charge is 0.316 e. The van der Waals surface area contributed by atoms with Crippen molar-refractivity contribution in [2.45, 2.75) is 12.8 Å². The van der Waals surface area contributed by atoms with Gasteiger partial charge >= 0.3 is 0 Å². The number of hydrogen-bond donors (Lipinski definition) is 0. The molecule has 2 heteroatoms. The molecule has 0 saturated heterocycles. The van der Waals surface area contributed by atoms with Gasteiger partial charge in [-0.25, -0.2) is 0 Å². The first-order valence-electron chi connectivity index (χ1n) is 2.36. The summed E-state index contributed by atoms with van der Waals surface area (Å²) in [6.45, 7) is 4.51. The highest BCUT2D eigenvalue weighted by molar-refractivity contribution is 7.93. The molecule has 0 amide bonds. The van der Waals surface area contributed by atoms with Gasteiger partial charge in [-0.1, -0.05) is 13.3 Å². The van der Waals surface area contributed by atoms with Gasteiger partial charge in [-0.15, -0.1) is 0 Å². The van der Waals surface area contributed by atoms with Crippen molar-refractivity contribution in [3.8, 4) is 0 Å². The van der Waals surface area contributed by atoms with Crippen LogP contribution in [0.15, 0.2) is 0 Å². The van der Waals surface area contributed by atoms with Gasteiger partial charge in [-0.05, 0) is 18.5 Å². The zero-order valence-electron chi connectivity index (χ0n) is 4.64. The Labute approximate surface area is 49.6 Å². The lowest BCUT2D eigenvalue weighted by Crippen LogP contribution is -1.82. The van der Waals surface area contributed by atoms with E-state index < -0.39 is 0 Å². The molecule has 1 radical (unpaired) electrons. The maximum absolute atomic E-state index is 4.95. The summed E-state index contributed by atoms with van der Waals surface area (Å²) in [5.74, 6) is 0. The zero-order chi connectivity index (χ0) is 5.54. The first kappa shape index (κ1) is 7.31. The molecule has 0 spiro atoms. The Bertz CT molecular complexity index is 27.3. The Morgan fingerprint density at radius 3 is 2.86 bits per heavy atom. The van der Waals surface area contributed by atoms with Gasteiger partial charge < -0.3 is 4.18 Å². The molecule has 0 N–H and O–H groups in total. The average Bonchev–Trinajstić information content (AvgIpc) is 1.69. The van der Waals surface area contributed by atoms with E-state index in [-0.39, 0.29) is 0 Å².